The quantitative estimate of drug-likeness (QED) is 0.459. The van der Waals surface area contributed by atoms with E-state index in [2.05, 4.69) is 5.18 Å². The second-order valence-electron chi connectivity index (χ2n) is 11.6. The van der Waals surface area contributed by atoms with E-state index in [0.29, 0.717) is 13.1 Å². The molecule has 2 saturated heterocycles. The number of pyridine rings is 1. The minimum atomic E-state index is -0.739. The number of halogens is 2. The van der Waals surface area contributed by atoms with Crippen molar-refractivity contribution in [3.63, 3.8) is 0 Å². The number of morpholine rings is 1. The summed E-state index contributed by atoms with van der Waals surface area (Å²) in [6.45, 7) is 10.7. The SMILES string of the molecule is C[C@@H]1CN(c2nc(-c3c(F)cccc3N=O)c(Cl)c3c2C(=O)N2CCN(C(=O)OC(C)(C)C)C[C@@H]2CO3)C[C@H](C)O1. The molecule has 11 nitrogen and oxygen atoms in total. The van der Waals surface area contributed by atoms with E-state index in [-0.39, 0.29) is 83.5 Å². The van der Waals surface area contributed by atoms with Crippen molar-refractivity contribution in [3.8, 4) is 17.0 Å². The molecule has 0 radical (unpaired) electrons. The lowest BCUT2D eigenvalue weighted by Crippen LogP contribution is -2.58. The van der Waals surface area contributed by atoms with Gasteiger partial charge in [-0.15, -0.1) is 4.91 Å². The van der Waals surface area contributed by atoms with Gasteiger partial charge in [0.1, 0.15) is 45.8 Å². The highest BCUT2D eigenvalue weighted by Crippen LogP contribution is 2.46. The van der Waals surface area contributed by atoms with Gasteiger partial charge in [-0.3, -0.25) is 4.79 Å². The van der Waals surface area contributed by atoms with Gasteiger partial charge in [0.2, 0.25) is 0 Å². The van der Waals surface area contributed by atoms with Crippen LogP contribution in [0.2, 0.25) is 5.02 Å². The first-order valence-electron chi connectivity index (χ1n) is 13.6. The molecule has 0 unspecified atom stereocenters. The second-order valence-corrected chi connectivity index (χ2v) is 12.0. The number of ether oxygens (including phenoxy) is 3. The summed E-state index contributed by atoms with van der Waals surface area (Å²) >= 11 is 6.82. The molecule has 2 amide bonds. The van der Waals surface area contributed by atoms with Crippen molar-refractivity contribution in [3.05, 3.63) is 39.5 Å². The Morgan fingerprint density at radius 3 is 2.51 bits per heavy atom. The zero-order valence-electron chi connectivity index (χ0n) is 23.6. The van der Waals surface area contributed by atoms with E-state index in [4.69, 9.17) is 30.8 Å². The zero-order chi connectivity index (χ0) is 29.6. The fourth-order valence-corrected chi connectivity index (χ4v) is 5.79. The largest absolute Gasteiger partial charge is 0.489 e. The highest BCUT2D eigenvalue weighted by molar-refractivity contribution is 6.35. The first-order valence-corrected chi connectivity index (χ1v) is 13.9. The summed E-state index contributed by atoms with van der Waals surface area (Å²) in [4.78, 5) is 48.4. The lowest BCUT2D eigenvalue weighted by molar-refractivity contribution is -0.00557. The number of nitrogens with zero attached hydrogens (tertiary/aromatic N) is 5. The smallest absolute Gasteiger partial charge is 0.410 e. The van der Waals surface area contributed by atoms with Crippen LogP contribution in [0, 0.1) is 10.7 Å². The number of aromatic nitrogens is 1. The van der Waals surface area contributed by atoms with Crippen molar-refractivity contribution in [2.24, 2.45) is 5.18 Å². The van der Waals surface area contributed by atoms with Crippen LogP contribution in [0.15, 0.2) is 23.4 Å². The van der Waals surface area contributed by atoms with Gasteiger partial charge in [-0.1, -0.05) is 17.7 Å². The summed E-state index contributed by atoms with van der Waals surface area (Å²) in [5, 5.41) is 2.88. The summed E-state index contributed by atoms with van der Waals surface area (Å²) < 4.78 is 32.8. The van der Waals surface area contributed by atoms with Crippen molar-refractivity contribution < 1.29 is 28.2 Å². The number of benzene rings is 1. The topological polar surface area (TPSA) is 114 Å². The Kier molecular flexibility index (Phi) is 7.82. The molecule has 5 rings (SSSR count). The molecule has 2 fully saturated rings. The van der Waals surface area contributed by atoms with Gasteiger partial charge in [-0.2, -0.15) is 0 Å². The standard InChI is InChI=1S/C28H33ClFN5O6/c1-15-11-34(12-16(2)40-15)25-21-24(22(29)23(31-25)20-18(30)7-6-8-19(20)32-38)39-14-17-13-33(9-10-35(17)26(21)36)27(37)41-28(3,4)5/h6-8,15-17H,9-14H2,1-5H3/t15-,16+,17-/m1/s1. The Hall–Kier alpha value is -3.51. The van der Waals surface area contributed by atoms with E-state index in [1.807, 2.05) is 18.7 Å². The molecule has 2 aromatic rings. The molecule has 13 heteroatoms. The summed E-state index contributed by atoms with van der Waals surface area (Å²) in [6, 6.07) is 3.43. The molecule has 0 saturated carbocycles. The fourth-order valence-electron chi connectivity index (χ4n) is 5.51. The first-order chi connectivity index (χ1) is 19.4. The van der Waals surface area contributed by atoms with Crippen LogP contribution in [0.3, 0.4) is 0 Å². The summed E-state index contributed by atoms with van der Waals surface area (Å²) in [7, 11) is 0. The van der Waals surface area contributed by atoms with Crippen LogP contribution in [0.4, 0.5) is 20.7 Å². The minimum Gasteiger partial charge on any atom is -0.489 e. The maximum Gasteiger partial charge on any atom is 0.410 e. The van der Waals surface area contributed by atoms with E-state index in [0.717, 1.165) is 0 Å². The zero-order valence-corrected chi connectivity index (χ0v) is 24.4. The Morgan fingerprint density at radius 1 is 1.15 bits per heavy atom. The van der Waals surface area contributed by atoms with Crippen LogP contribution in [0.1, 0.15) is 45.0 Å². The lowest BCUT2D eigenvalue weighted by Gasteiger charge is -2.40. The molecule has 0 bridgehead atoms. The molecule has 3 atom stereocenters. The van der Waals surface area contributed by atoms with Crippen molar-refractivity contribution >= 4 is 35.1 Å². The number of rotatable bonds is 3. The second kappa shape index (κ2) is 11.1. The summed E-state index contributed by atoms with van der Waals surface area (Å²) in [5.74, 6) is -0.809. The highest BCUT2D eigenvalue weighted by Gasteiger charge is 2.42. The van der Waals surface area contributed by atoms with Crippen LogP contribution in [-0.2, 0) is 9.47 Å². The van der Waals surface area contributed by atoms with Gasteiger partial charge < -0.3 is 28.9 Å². The van der Waals surface area contributed by atoms with E-state index in [9.17, 15) is 14.5 Å². The highest BCUT2D eigenvalue weighted by atomic mass is 35.5. The molecule has 41 heavy (non-hydrogen) atoms. The number of amides is 2. The number of fused-ring (bicyclic) bond motifs is 2. The molecule has 220 valence electrons. The van der Waals surface area contributed by atoms with Gasteiger partial charge in [-0.05, 0) is 51.9 Å². The van der Waals surface area contributed by atoms with Crippen molar-refractivity contribution in [2.75, 3.05) is 44.2 Å². The molecule has 3 aliphatic heterocycles. The maximum absolute atomic E-state index is 15.2. The molecule has 0 aliphatic carbocycles. The number of nitroso groups, excluding NO2 is 1. The normalized spacial score (nSPS) is 22.9. The summed E-state index contributed by atoms with van der Waals surface area (Å²) in [5.41, 5.74) is -0.938. The average molecular weight is 590 g/mol. The van der Waals surface area contributed by atoms with Crippen molar-refractivity contribution in [2.45, 2.75) is 58.5 Å². The third kappa shape index (κ3) is 5.67. The number of anilines is 1. The van der Waals surface area contributed by atoms with Gasteiger partial charge in [-0.25, -0.2) is 14.2 Å². The van der Waals surface area contributed by atoms with Gasteiger partial charge >= 0.3 is 6.09 Å². The number of carbonyl (C=O) groups is 2. The molecule has 4 heterocycles. The average Bonchev–Trinajstić information content (AvgIpc) is 3.04. The molecule has 1 aromatic heterocycles. The molecule has 0 N–H and O–H groups in total. The van der Waals surface area contributed by atoms with Crippen LogP contribution < -0.4 is 9.64 Å². The predicted octanol–water partition coefficient (Wildman–Crippen LogP) is 5.01. The van der Waals surface area contributed by atoms with Crippen LogP contribution in [0.5, 0.6) is 5.75 Å². The monoisotopic (exact) mass is 589 g/mol. The van der Waals surface area contributed by atoms with Crippen LogP contribution in [-0.4, -0.2) is 90.0 Å². The Morgan fingerprint density at radius 2 is 1.85 bits per heavy atom. The van der Waals surface area contributed by atoms with Crippen LogP contribution >= 0.6 is 11.6 Å². The maximum atomic E-state index is 15.2. The van der Waals surface area contributed by atoms with Gasteiger partial charge in [0.25, 0.3) is 5.91 Å². The first kappa shape index (κ1) is 29.0. The van der Waals surface area contributed by atoms with Crippen LogP contribution in [0.25, 0.3) is 11.3 Å². The van der Waals surface area contributed by atoms with E-state index in [1.54, 1.807) is 30.6 Å². The van der Waals surface area contributed by atoms with Crippen molar-refractivity contribution in [1.82, 2.24) is 14.8 Å². The van der Waals surface area contributed by atoms with Gasteiger partial charge in [0.05, 0.1) is 23.8 Å². The lowest BCUT2D eigenvalue weighted by atomic mass is 10.0. The van der Waals surface area contributed by atoms with Gasteiger partial charge in [0, 0.05) is 32.7 Å². The van der Waals surface area contributed by atoms with E-state index in [1.165, 1.54) is 18.2 Å². The Balaban J connectivity index is 1.61. The van der Waals surface area contributed by atoms with Gasteiger partial charge in [0.15, 0.2) is 5.75 Å². The molecular weight excluding hydrogens is 557 g/mol. The van der Waals surface area contributed by atoms with E-state index < -0.39 is 23.6 Å². The third-order valence-corrected chi connectivity index (χ3v) is 7.50. The number of hydrogen-bond donors (Lipinski definition) is 0. The van der Waals surface area contributed by atoms with E-state index >= 15 is 4.39 Å². The molecular formula is C28H33ClFN5O6. The molecule has 1 aromatic carbocycles. The molecule has 0 spiro atoms. The fraction of sp³-hybridized carbons (Fsp3) is 0.536. The number of carbonyl (C=O) groups excluding carboxylic acids is 2. The predicted molar refractivity (Wildman–Crippen MR) is 150 cm³/mol. The van der Waals surface area contributed by atoms with Crippen molar-refractivity contribution in [1.29, 1.82) is 0 Å². The Bertz CT molecular complexity index is 1370. The third-order valence-electron chi connectivity index (χ3n) is 7.15. The Labute approximate surface area is 242 Å². The molecule has 3 aliphatic rings. The number of piperazine rings is 1. The summed E-state index contributed by atoms with van der Waals surface area (Å²) in [6.07, 6.45) is -0.829. The number of hydrogen-bond acceptors (Lipinski definition) is 9. The minimum absolute atomic E-state index is 0.0205.